The largest absolute Gasteiger partial charge is 0.294 e. The number of benzene rings is 1. The van der Waals surface area contributed by atoms with Gasteiger partial charge in [0.15, 0.2) is 0 Å². The highest BCUT2D eigenvalue weighted by Crippen LogP contribution is 2.15. The van der Waals surface area contributed by atoms with E-state index in [0.717, 1.165) is 5.56 Å². The molecule has 0 bridgehead atoms. The van der Waals surface area contributed by atoms with Gasteiger partial charge < -0.3 is 0 Å². The monoisotopic (exact) mass is 222 g/mol. The van der Waals surface area contributed by atoms with Gasteiger partial charge in [0.05, 0.1) is 4.90 Å². The van der Waals surface area contributed by atoms with E-state index >= 15 is 0 Å². The van der Waals surface area contributed by atoms with Crippen LogP contribution < -0.4 is 0 Å². The molecule has 0 heterocycles. The molecule has 0 atom stereocenters. The van der Waals surface area contributed by atoms with Crippen LogP contribution in [0.3, 0.4) is 0 Å². The number of hydrogen-bond donors (Lipinski definition) is 1. The molecule has 3 nitrogen and oxygen atoms in total. The van der Waals surface area contributed by atoms with Crippen molar-refractivity contribution in [3.63, 3.8) is 0 Å². The summed E-state index contributed by atoms with van der Waals surface area (Å²) in [6.45, 7) is 3.51. The molecule has 0 spiro atoms. The van der Waals surface area contributed by atoms with Crippen LogP contribution in [-0.2, 0) is 10.1 Å². The molecule has 74 valence electrons. The van der Waals surface area contributed by atoms with E-state index in [4.69, 9.17) is 4.55 Å². The van der Waals surface area contributed by atoms with E-state index < -0.39 is 10.1 Å². The van der Waals surface area contributed by atoms with Gasteiger partial charge in [-0.2, -0.15) is 8.42 Å². The van der Waals surface area contributed by atoms with Crippen LogP contribution in [0.2, 0.25) is 0 Å². The lowest BCUT2D eigenvalue weighted by Gasteiger charge is -2.02. The van der Waals surface area contributed by atoms with Crippen molar-refractivity contribution in [1.82, 2.24) is 0 Å². The summed E-state index contributed by atoms with van der Waals surface area (Å²) in [6, 6.07) is 4.76. The van der Waals surface area contributed by atoms with Crippen molar-refractivity contribution in [2.45, 2.75) is 18.7 Å². The van der Waals surface area contributed by atoms with Crippen LogP contribution in [-0.4, -0.2) is 13.0 Å². The maximum absolute atomic E-state index is 10.7. The lowest BCUT2D eigenvalue weighted by Crippen LogP contribution is -2.00. The van der Waals surface area contributed by atoms with Crippen LogP contribution in [0.15, 0.2) is 23.1 Å². The molecular formula is C8H11ClO3S. The normalized spacial score (nSPS) is 10.7. The van der Waals surface area contributed by atoms with Crippen LogP contribution in [0, 0.1) is 13.8 Å². The Balaban J connectivity index is 0.00000144. The predicted octanol–water partition coefficient (Wildman–Crippen LogP) is 1.97. The van der Waals surface area contributed by atoms with Gasteiger partial charge in [-0.3, -0.25) is 4.55 Å². The third kappa shape index (κ3) is 2.99. The van der Waals surface area contributed by atoms with Crippen molar-refractivity contribution >= 4 is 22.5 Å². The fourth-order valence-corrected chi connectivity index (χ4v) is 1.79. The summed E-state index contributed by atoms with van der Waals surface area (Å²) in [4.78, 5) is -0.0203. The van der Waals surface area contributed by atoms with E-state index in [0.29, 0.717) is 5.56 Å². The smallest absolute Gasteiger partial charge is 0.282 e. The van der Waals surface area contributed by atoms with Gasteiger partial charge in [0.2, 0.25) is 0 Å². The molecule has 0 fully saturated rings. The summed E-state index contributed by atoms with van der Waals surface area (Å²) in [5.74, 6) is 0. The summed E-state index contributed by atoms with van der Waals surface area (Å²) < 4.78 is 30.2. The Morgan fingerprint density at radius 2 is 1.77 bits per heavy atom. The van der Waals surface area contributed by atoms with Crippen LogP contribution in [0.1, 0.15) is 11.1 Å². The molecule has 0 aromatic heterocycles. The Hall–Kier alpha value is -0.580. The second kappa shape index (κ2) is 4.09. The topological polar surface area (TPSA) is 54.4 Å². The first kappa shape index (κ1) is 12.4. The van der Waals surface area contributed by atoms with E-state index in [9.17, 15) is 8.42 Å². The van der Waals surface area contributed by atoms with Gasteiger partial charge in [-0.15, -0.1) is 12.4 Å². The molecule has 0 amide bonds. The maximum atomic E-state index is 10.7. The zero-order valence-corrected chi connectivity index (χ0v) is 8.95. The highest BCUT2D eigenvalue weighted by molar-refractivity contribution is 7.85. The summed E-state index contributed by atoms with van der Waals surface area (Å²) in [5, 5.41) is 0. The fourth-order valence-electron chi connectivity index (χ4n) is 1.09. The lowest BCUT2D eigenvalue weighted by molar-refractivity contribution is 0.482. The van der Waals surface area contributed by atoms with Crippen molar-refractivity contribution in [3.8, 4) is 0 Å². The first-order chi connectivity index (χ1) is 5.41. The molecule has 0 saturated carbocycles. The second-order valence-electron chi connectivity index (χ2n) is 2.74. The summed E-state index contributed by atoms with van der Waals surface area (Å²) in [5.41, 5.74) is 1.54. The molecule has 1 rings (SSSR count). The van der Waals surface area contributed by atoms with Gasteiger partial charge in [-0.25, -0.2) is 0 Å². The highest BCUT2D eigenvalue weighted by Gasteiger charge is 2.11. The zero-order chi connectivity index (χ0) is 9.35. The average molecular weight is 223 g/mol. The maximum Gasteiger partial charge on any atom is 0.294 e. The highest BCUT2D eigenvalue weighted by atomic mass is 35.5. The van der Waals surface area contributed by atoms with Crippen molar-refractivity contribution in [3.05, 3.63) is 29.3 Å². The molecule has 0 saturated heterocycles. The van der Waals surface area contributed by atoms with Gasteiger partial charge in [0.25, 0.3) is 10.1 Å². The fraction of sp³-hybridized carbons (Fsp3) is 0.250. The van der Waals surface area contributed by atoms with Crippen LogP contribution in [0.5, 0.6) is 0 Å². The Labute approximate surface area is 83.9 Å². The van der Waals surface area contributed by atoms with Gasteiger partial charge >= 0.3 is 0 Å². The molecule has 0 aliphatic rings. The van der Waals surface area contributed by atoms with Crippen molar-refractivity contribution < 1.29 is 13.0 Å². The quantitative estimate of drug-likeness (QED) is 0.740. The van der Waals surface area contributed by atoms with Gasteiger partial charge in [0, 0.05) is 0 Å². The molecule has 13 heavy (non-hydrogen) atoms. The Kier molecular flexibility index (Phi) is 3.90. The molecule has 1 aromatic carbocycles. The number of aryl methyl sites for hydroxylation is 2. The van der Waals surface area contributed by atoms with Crippen LogP contribution in [0.4, 0.5) is 0 Å². The lowest BCUT2D eigenvalue weighted by atomic mass is 10.2. The van der Waals surface area contributed by atoms with Gasteiger partial charge in [0.1, 0.15) is 0 Å². The number of halogens is 1. The number of hydrogen-bond acceptors (Lipinski definition) is 2. The SMILES string of the molecule is Cc1ccc(S(=O)(=O)O)c(C)c1.Cl. The first-order valence-corrected chi connectivity index (χ1v) is 4.90. The standard InChI is InChI=1S/C8H10O3S.ClH/c1-6-3-4-8(7(2)5-6)12(9,10)11;/h3-5H,1-2H3,(H,9,10,11);1H. The third-order valence-electron chi connectivity index (χ3n) is 1.61. The summed E-state index contributed by atoms with van der Waals surface area (Å²) in [7, 11) is -4.05. The second-order valence-corrected chi connectivity index (χ2v) is 4.13. The van der Waals surface area contributed by atoms with E-state index in [-0.39, 0.29) is 17.3 Å². The van der Waals surface area contributed by atoms with Gasteiger partial charge in [-0.1, -0.05) is 17.7 Å². The molecule has 0 aliphatic heterocycles. The van der Waals surface area contributed by atoms with Crippen molar-refractivity contribution in [1.29, 1.82) is 0 Å². The van der Waals surface area contributed by atoms with E-state index in [1.807, 2.05) is 6.92 Å². The van der Waals surface area contributed by atoms with Crippen molar-refractivity contribution in [2.75, 3.05) is 0 Å². The molecule has 1 N–H and O–H groups in total. The Bertz CT molecular complexity index is 398. The molecule has 0 unspecified atom stereocenters. The minimum atomic E-state index is -4.05. The third-order valence-corrected chi connectivity index (χ3v) is 2.62. The van der Waals surface area contributed by atoms with Crippen molar-refractivity contribution in [2.24, 2.45) is 0 Å². The van der Waals surface area contributed by atoms with Gasteiger partial charge in [-0.05, 0) is 25.5 Å². The molecule has 0 aliphatic carbocycles. The van der Waals surface area contributed by atoms with E-state index in [1.165, 1.54) is 6.07 Å². The van der Waals surface area contributed by atoms with Crippen LogP contribution in [0.25, 0.3) is 0 Å². The number of rotatable bonds is 1. The minimum absolute atomic E-state index is 0. The molecule has 5 heteroatoms. The predicted molar refractivity (Wildman–Crippen MR) is 53.0 cm³/mol. The zero-order valence-electron chi connectivity index (χ0n) is 7.31. The Morgan fingerprint density at radius 1 is 1.23 bits per heavy atom. The average Bonchev–Trinajstić information content (AvgIpc) is 1.83. The minimum Gasteiger partial charge on any atom is -0.282 e. The molecule has 0 radical (unpaired) electrons. The Morgan fingerprint density at radius 3 is 2.15 bits per heavy atom. The molecular weight excluding hydrogens is 212 g/mol. The van der Waals surface area contributed by atoms with E-state index in [1.54, 1.807) is 19.1 Å². The summed E-state index contributed by atoms with van der Waals surface area (Å²) in [6.07, 6.45) is 0. The summed E-state index contributed by atoms with van der Waals surface area (Å²) >= 11 is 0. The van der Waals surface area contributed by atoms with E-state index in [2.05, 4.69) is 0 Å². The molecule has 1 aromatic rings. The van der Waals surface area contributed by atoms with Crippen LogP contribution >= 0.6 is 12.4 Å². The first-order valence-electron chi connectivity index (χ1n) is 3.46.